The summed E-state index contributed by atoms with van der Waals surface area (Å²) in [5.74, 6) is 0. The molecule has 0 rings (SSSR count). The molecule has 2 heteroatoms. The molecule has 0 spiro atoms. The van der Waals surface area contributed by atoms with Crippen LogP contribution >= 0.6 is 0 Å². The van der Waals surface area contributed by atoms with Gasteiger partial charge in [-0.1, -0.05) is 0 Å². The maximum Gasteiger partial charge on any atom is 0 e. The second-order valence-electron chi connectivity index (χ2n) is 0. The molecule has 0 bridgehead atoms. The molecule has 0 amide bonds. The largest absolute Gasteiger partial charge is 0.106 e. The molecule has 4 heavy (non-hydrogen) atoms. The second-order valence-corrected chi connectivity index (χ2v) is 0. The first kappa shape index (κ1) is 10.2. The summed E-state index contributed by atoms with van der Waals surface area (Å²) in [5, 5.41) is 0. The molecular formula is C2H4O2. The van der Waals surface area contributed by atoms with Crippen LogP contribution in [-0.2, 0) is 0 Å². The Morgan fingerprint density at radius 2 is 1.00 bits per heavy atom. The van der Waals surface area contributed by atoms with Crippen LogP contribution in [0.25, 0.3) is 0 Å². The highest BCUT2D eigenvalue weighted by Gasteiger charge is 0.707. The highest BCUT2D eigenvalue weighted by Crippen LogP contribution is 0.862. The van der Waals surface area contributed by atoms with Gasteiger partial charge in [0.2, 0.25) is 0 Å². The minimum absolute atomic E-state index is 3.00. The van der Waals surface area contributed by atoms with Crippen molar-refractivity contribution in [3.8, 4) is 0 Å². The summed E-state index contributed by atoms with van der Waals surface area (Å²) in [4.78, 5) is 14.0. The van der Waals surface area contributed by atoms with Crippen molar-refractivity contribution in [2.24, 2.45) is 0 Å². The van der Waals surface area contributed by atoms with Crippen molar-refractivity contribution in [2.75, 3.05) is 0 Å². The van der Waals surface area contributed by atoms with Crippen molar-refractivity contribution in [1.29, 1.82) is 0 Å². The van der Waals surface area contributed by atoms with Crippen LogP contribution in [0.2, 0.25) is 0 Å². The van der Waals surface area contributed by atoms with Crippen molar-refractivity contribution >= 4 is 0 Å². The molecule has 0 saturated heterocycles. The van der Waals surface area contributed by atoms with E-state index in [2.05, 4.69) is 13.2 Å². The smallest absolute Gasteiger partial charge is 0 e. The van der Waals surface area contributed by atoms with E-state index in [1.807, 2.05) is 0 Å². The highest BCUT2D eigenvalue weighted by atomic mass is 16.7. The van der Waals surface area contributed by atoms with Crippen molar-refractivity contribution in [3.05, 3.63) is 23.1 Å². The van der Waals surface area contributed by atoms with Gasteiger partial charge in [-0.2, -0.15) is 0 Å². The summed E-state index contributed by atoms with van der Waals surface area (Å²) in [6.45, 7) is 6.00. The fraction of sp³-hybridized carbons (Fsp3) is 0. The molecular weight excluding hydrogens is 56.0 g/mol. The van der Waals surface area contributed by atoms with Gasteiger partial charge in [0.1, 0.15) is 0 Å². The van der Waals surface area contributed by atoms with E-state index >= 15 is 0 Å². The Morgan fingerprint density at radius 1 is 1.00 bits per heavy atom. The first-order valence-electron chi connectivity index (χ1n) is 0.667. The van der Waals surface area contributed by atoms with Gasteiger partial charge in [-0.25, -0.2) is 0 Å². The maximum atomic E-state index is 7.00. The van der Waals surface area contributed by atoms with Crippen LogP contribution in [-0.4, -0.2) is 0 Å². The zero-order chi connectivity index (χ0) is 4.00. The maximum absolute atomic E-state index is 7.00. The standard InChI is InChI=1S/C2H4.O2/c2*1-2/h1-2H2;. The molecule has 0 atom stereocenters. The molecule has 0 aliphatic rings. The Balaban J connectivity index is 0. The van der Waals surface area contributed by atoms with Crippen LogP contribution in [0.4, 0.5) is 0 Å². The zero-order valence-electron chi connectivity index (χ0n) is 2.23. The van der Waals surface area contributed by atoms with E-state index in [9.17, 15) is 0 Å². The van der Waals surface area contributed by atoms with Gasteiger partial charge in [0, 0.05) is 9.93 Å². The molecule has 0 unspecified atom stereocenters. The average Bonchev–Trinajstić information content (AvgIpc) is 1.50. The first-order valence-corrected chi connectivity index (χ1v) is 0.667. The Labute approximate surface area is 24.4 Å². The summed E-state index contributed by atoms with van der Waals surface area (Å²) < 4.78 is 0. The van der Waals surface area contributed by atoms with Crippen molar-refractivity contribution in [2.45, 2.75) is 0 Å². The van der Waals surface area contributed by atoms with E-state index in [0.29, 0.717) is 0 Å². The monoisotopic (exact) mass is 60.0 g/mol. The predicted octanol–water partition coefficient (Wildman–Crippen LogP) is 0.869. The van der Waals surface area contributed by atoms with Crippen LogP contribution < -0.4 is 0 Å². The van der Waals surface area contributed by atoms with Gasteiger partial charge in [-0.3, -0.25) is 0 Å². The Kier molecular flexibility index (Phi) is 24.6. The van der Waals surface area contributed by atoms with Crippen LogP contribution in [0, 0.1) is 9.93 Å². The molecule has 2 nitrogen and oxygen atoms in total. The van der Waals surface area contributed by atoms with Crippen molar-refractivity contribution in [1.82, 2.24) is 0 Å². The fourth-order valence-electron chi connectivity index (χ4n) is 0. The first-order chi connectivity index (χ1) is 2.00. The normalized spacial score (nSPS) is 2.00. The lowest BCUT2D eigenvalue weighted by Gasteiger charge is -0.813. The van der Waals surface area contributed by atoms with Gasteiger partial charge in [-0.05, 0) is 0 Å². The topological polar surface area (TPSA) is 34.1 Å². The quantitative estimate of drug-likeness (QED) is 0.389. The Hall–Kier alpha value is -0.660. The second kappa shape index (κ2) is 9.65. The van der Waals surface area contributed by atoms with Crippen LogP contribution in [0.5, 0.6) is 0 Å². The molecule has 0 aromatic carbocycles. The lowest BCUT2D eigenvalue weighted by molar-refractivity contribution is 2.66. The van der Waals surface area contributed by atoms with Gasteiger partial charge in [-0.15, -0.1) is 13.2 Å². The average molecular weight is 60.1 g/mol. The molecule has 0 saturated carbocycles. The minimum Gasteiger partial charge on any atom is -0.106 e. The SMILES string of the molecule is C=C.O=O. The summed E-state index contributed by atoms with van der Waals surface area (Å²) >= 11 is 0. The number of hydrogen-bond donors (Lipinski definition) is 0. The summed E-state index contributed by atoms with van der Waals surface area (Å²) in [6.07, 6.45) is 0. The minimum atomic E-state index is 3.00. The van der Waals surface area contributed by atoms with Crippen molar-refractivity contribution in [3.63, 3.8) is 0 Å². The molecule has 0 fully saturated rings. The van der Waals surface area contributed by atoms with Crippen LogP contribution in [0.1, 0.15) is 0 Å². The Morgan fingerprint density at radius 3 is 1.00 bits per heavy atom. The van der Waals surface area contributed by atoms with E-state index < -0.39 is 0 Å². The molecule has 24 valence electrons. The molecule has 0 aliphatic carbocycles. The highest BCUT2D eigenvalue weighted by molar-refractivity contribution is 4.22. The van der Waals surface area contributed by atoms with Crippen LogP contribution in [0.15, 0.2) is 13.2 Å². The molecule has 0 heterocycles. The van der Waals surface area contributed by atoms with Gasteiger partial charge >= 0.3 is 0 Å². The van der Waals surface area contributed by atoms with E-state index in [0.717, 1.165) is 0 Å². The van der Waals surface area contributed by atoms with Crippen LogP contribution in [0.3, 0.4) is 0 Å². The predicted molar refractivity (Wildman–Crippen MR) is 18.0 cm³/mol. The third-order valence-electron chi connectivity index (χ3n) is 0. The Bertz CT molecular complexity index is 6.00. The van der Waals surface area contributed by atoms with Gasteiger partial charge in [0.15, 0.2) is 0 Å². The van der Waals surface area contributed by atoms with Gasteiger partial charge < -0.3 is 0 Å². The summed E-state index contributed by atoms with van der Waals surface area (Å²) in [6, 6.07) is 0. The molecule has 0 aromatic rings. The molecule has 0 aromatic heterocycles. The lowest BCUT2D eigenvalue weighted by Crippen LogP contribution is -0.674. The van der Waals surface area contributed by atoms with E-state index in [-0.39, 0.29) is 0 Å². The third kappa shape index (κ3) is 0.356. The van der Waals surface area contributed by atoms with Gasteiger partial charge in [0.25, 0.3) is 0 Å². The summed E-state index contributed by atoms with van der Waals surface area (Å²) in [5.41, 5.74) is 0. The van der Waals surface area contributed by atoms with Crippen molar-refractivity contribution < 1.29 is 0 Å². The zero-order valence-corrected chi connectivity index (χ0v) is 2.23. The number of hydrogen-bond acceptors (Lipinski definition) is 2. The molecule has 0 radical (unpaired) electrons. The van der Waals surface area contributed by atoms with E-state index in [1.54, 1.807) is 0 Å². The fourth-order valence-corrected chi connectivity index (χ4v) is 0. The third-order valence-corrected chi connectivity index (χ3v) is 0. The molecule has 0 N–H and O–H groups in total. The molecule has 0 aliphatic heterocycles. The summed E-state index contributed by atoms with van der Waals surface area (Å²) in [7, 11) is 0. The lowest BCUT2D eigenvalue weighted by atomic mass is 11.3. The number of rotatable bonds is 0. The van der Waals surface area contributed by atoms with Gasteiger partial charge in [0.05, 0.1) is 0 Å². The van der Waals surface area contributed by atoms with E-state index in [1.165, 1.54) is 0 Å². The van der Waals surface area contributed by atoms with E-state index in [4.69, 9.17) is 9.93 Å².